The zero-order valence-electron chi connectivity index (χ0n) is 9.31. The summed E-state index contributed by atoms with van der Waals surface area (Å²) in [6.45, 7) is 2.51. The molecule has 14 heavy (non-hydrogen) atoms. The SMILES string of the molecule is [B]NCCCC[C@@H](CCC(C)=O)NC. The van der Waals surface area contributed by atoms with Crippen LogP contribution in [0.25, 0.3) is 0 Å². The van der Waals surface area contributed by atoms with Crippen molar-refractivity contribution in [3.63, 3.8) is 0 Å². The van der Waals surface area contributed by atoms with E-state index in [2.05, 4.69) is 10.5 Å². The van der Waals surface area contributed by atoms with E-state index in [1.165, 1.54) is 0 Å². The van der Waals surface area contributed by atoms with Crippen molar-refractivity contribution in [3.05, 3.63) is 0 Å². The van der Waals surface area contributed by atoms with Gasteiger partial charge in [-0.2, -0.15) is 0 Å². The number of ketones is 1. The summed E-state index contributed by atoms with van der Waals surface area (Å²) in [5, 5.41) is 5.87. The van der Waals surface area contributed by atoms with Gasteiger partial charge in [-0.05, 0) is 39.8 Å². The molecule has 0 aromatic rings. The molecule has 1 atom stereocenters. The van der Waals surface area contributed by atoms with Crippen LogP contribution >= 0.6 is 0 Å². The van der Waals surface area contributed by atoms with Gasteiger partial charge in [-0.25, -0.2) is 0 Å². The third kappa shape index (κ3) is 8.26. The minimum absolute atomic E-state index is 0.272. The largest absolute Gasteiger partial charge is 0.366 e. The molecule has 0 aliphatic carbocycles. The van der Waals surface area contributed by atoms with Crippen molar-refractivity contribution in [2.45, 2.75) is 45.1 Å². The maximum Gasteiger partial charge on any atom is 0.177 e. The summed E-state index contributed by atoms with van der Waals surface area (Å²) < 4.78 is 0. The minimum atomic E-state index is 0.272. The molecule has 3 nitrogen and oxygen atoms in total. The Morgan fingerprint density at radius 3 is 2.57 bits per heavy atom. The average molecular weight is 196 g/mol. The molecular weight excluding hydrogens is 175 g/mol. The van der Waals surface area contributed by atoms with Crippen LogP contribution in [0.5, 0.6) is 0 Å². The summed E-state index contributed by atoms with van der Waals surface area (Å²) in [7, 11) is 7.12. The fourth-order valence-corrected chi connectivity index (χ4v) is 1.43. The molecule has 0 aromatic carbocycles. The Hall–Kier alpha value is -0.345. The standard InChI is InChI=1S/C10H21BN2O/c1-9(14)6-7-10(12-2)5-3-4-8-13-11/h10,12-13H,3-8H2,1-2H3/t10-/m0/s1. The Bertz CT molecular complexity index is 153. The molecule has 0 fully saturated rings. The number of Topliss-reactive ketones (excluding diaryl/α,β-unsaturated/α-hetero) is 1. The Balaban J connectivity index is 3.42. The number of unbranched alkanes of at least 4 members (excludes halogenated alkanes) is 1. The number of nitrogens with one attached hydrogen (secondary N) is 2. The van der Waals surface area contributed by atoms with Crippen LogP contribution in [0.3, 0.4) is 0 Å². The van der Waals surface area contributed by atoms with Gasteiger partial charge in [-0.15, -0.1) is 0 Å². The first-order valence-corrected chi connectivity index (χ1v) is 5.31. The molecule has 0 amide bonds. The van der Waals surface area contributed by atoms with Crippen LogP contribution in [0.15, 0.2) is 0 Å². The van der Waals surface area contributed by atoms with Crippen molar-refractivity contribution in [2.75, 3.05) is 13.6 Å². The van der Waals surface area contributed by atoms with E-state index < -0.39 is 0 Å². The zero-order chi connectivity index (χ0) is 10.8. The fourth-order valence-electron chi connectivity index (χ4n) is 1.43. The Morgan fingerprint density at radius 1 is 1.36 bits per heavy atom. The van der Waals surface area contributed by atoms with Crippen LogP contribution in [-0.4, -0.2) is 33.4 Å². The van der Waals surface area contributed by atoms with Gasteiger partial charge < -0.3 is 15.3 Å². The highest BCUT2D eigenvalue weighted by molar-refractivity contribution is 6.04. The van der Waals surface area contributed by atoms with Crippen molar-refractivity contribution >= 4 is 13.8 Å². The van der Waals surface area contributed by atoms with Crippen LogP contribution in [-0.2, 0) is 4.79 Å². The maximum atomic E-state index is 10.8. The van der Waals surface area contributed by atoms with Gasteiger partial charge in [0.1, 0.15) is 5.78 Å². The number of carbonyl (C=O) groups is 1. The lowest BCUT2D eigenvalue weighted by Gasteiger charge is -2.14. The van der Waals surface area contributed by atoms with E-state index in [0.717, 1.165) is 32.2 Å². The van der Waals surface area contributed by atoms with Crippen molar-refractivity contribution < 1.29 is 4.79 Å². The molecule has 2 N–H and O–H groups in total. The molecule has 0 rings (SSSR count). The number of carbonyl (C=O) groups excluding carboxylic acids is 1. The second kappa shape index (κ2) is 9.22. The first-order chi connectivity index (χ1) is 6.70. The van der Waals surface area contributed by atoms with Crippen LogP contribution in [0, 0.1) is 0 Å². The smallest absolute Gasteiger partial charge is 0.177 e. The molecule has 0 aliphatic rings. The lowest BCUT2D eigenvalue weighted by molar-refractivity contribution is -0.117. The van der Waals surface area contributed by atoms with Crippen LogP contribution < -0.4 is 10.5 Å². The van der Waals surface area contributed by atoms with Gasteiger partial charge in [0.15, 0.2) is 7.98 Å². The molecule has 4 heteroatoms. The predicted molar refractivity (Wildman–Crippen MR) is 60.4 cm³/mol. The van der Waals surface area contributed by atoms with Crippen molar-refractivity contribution in [3.8, 4) is 0 Å². The summed E-state index contributed by atoms with van der Waals surface area (Å²) >= 11 is 0. The second-order valence-electron chi connectivity index (χ2n) is 3.68. The third-order valence-electron chi connectivity index (χ3n) is 2.38. The molecule has 0 saturated carbocycles. The first-order valence-electron chi connectivity index (χ1n) is 5.31. The summed E-state index contributed by atoms with van der Waals surface area (Å²) in [5.41, 5.74) is 0. The minimum Gasteiger partial charge on any atom is -0.366 e. The third-order valence-corrected chi connectivity index (χ3v) is 2.38. The maximum absolute atomic E-state index is 10.8. The van der Waals surface area contributed by atoms with Crippen LogP contribution in [0.4, 0.5) is 0 Å². The fraction of sp³-hybridized carbons (Fsp3) is 0.900. The van der Waals surface area contributed by atoms with E-state index in [1.54, 1.807) is 6.92 Å². The van der Waals surface area contributed by atoms with Gasteiger partial charge in [0.05, 0.1) is 0 Å². The molecule has 0 bridgehead atoms. The molecular formula is C10H21BN2O. The summed E-state index contributed by atoms with van der Waals surface area (Å²) in [4.78, 5) is 10.8. The normalized spacial score (nSPS) is 12.7. The van der Waals surface area contributed by atoms with Crippen LogP contribution in [0.1, 0.15) is 39.0 Å². The molecule has 0 aliphatic heterocycles. The highest BCUT2D eigenvalue weighted by atomic mass is 16.1. The van der Waals surface area contributed by atoms with Gasteiger partial charge >= 0.3 is 0 Å². The van der Waals surface area contributed by atoms with Crippen molar-refractivity contribution in [2.24, 2.45) is 0 Å². The van der Waals surface area contributed by atoms with Gasteiger partial charge in [-0.1, -0.05) is 6.42 Å². The van der Waals surface area contributed by atoms with E-state index in [9.17, 15) is 4.79 Å². The quantitative estimate of drug-likeness (QED) is 0.423. The van der Waals surface area contributed by atoms with E-state index >= 15 is 0 Å². The highest BCUT2D eigenvalue weighted by Gasteiger charge is 2.06. The Labute approximate surface area is 88.5 Å². The first kappa shape index (κ1) is 13.7. The summed E-state index contributed by atoms with van der Waals surface area (Å²) in [5.74, 6) is 0.272. The second-order valence-corrected chi connectivity index (χ2v) is 3.68. The van der Waals surface area contributed by atoms with E-state index in [1.807, 2.05) is 7.05 Å². The van der Waals surface area contributed by atoms with Crippen LogP contribution in [0.2, 0.25) is 0 Å². The predicted octanol–water partition coefficient (Wildman–Crippen LogP) is 0.787. The average Bonchev–Trinajstić information content (AvgIpc) is 2.16. The molecule has 0 aromatic heterocycles. The molecule has 0 spiro atoms. The van der Waals surface area contributed by atoms with E-state index in [0.29, 0.717) is 12.5 Å². The monoisotopic (exact) mass is 196 g/mol. The molecule has 2 radical (unpaired) electrons. The zero-order valence-corrected chi connectivity index (χ0v) is 9.31. The molecule has 80 valence electrons. The lowest BCUT2D eigenvalue weighted by Crippen LogP contribution is -2.26. The Morgan fingerprint density at radius 2 is 2.07 bits per heavy atom. The number of rotatable bonds is 9. The molecule has 0 saturated heterocycles. The Kier molecular flexibility index (Phi) is 8.99. The van der Waals surface area contributed by atoms with E-state index in [-0.39, 0.29) is 5.78 Å². The van der Waals surface area contributed by atoms with E-state index in [4.69, 9.17) is 7.98 Å². The van der Waals surface area contributed by atoms with Gasteiger partial charge in [0, 0.05) is 12.5 Å². The van der Waals surface area contributed by atoms with Crippen molar-refractivity contribution in [1.29, 1.82) is 0 Å². The summed E-state index contributed by atoms with van der Waals surface area (Å²) in [6.07, 6.45) is 4.98. The van der Waals surface area contributed by atoms with Gasteiger partial charge in [0.25, 0.3) is 0 Å². The molecule has 0 heterocycles. The topological polar surface area (TPSA) is 41.1 Å². The molecule has 0 unspecified atom stereocenters. The lowest BCUT2D eigenvalue weighted by atomic mass is 10.0. The number of hydrogen-bond donors (Lipinski definition) is 2. The summed E-state index contributed by atoms with van der Waals surface area (Å²) in [6, 6.07) is 0.469. The number of hydrogen-bond acceptors (Lipinski definition) is 3. The highest BCUT2D eigenvalue weighted by Crippen LogP contribution is 2.06. The van der Waals surface area contributed by atoms with Crippen molar-refractivity contribution in [1.82, 2.24) is 10.5 Å². The van der Waals surface area contributed by atoms with Gasteiger partial charge in [0.2, 0.25) is 0 Å². The van der Waals surface area contributed by atoms with Gasteiger partial charge in [-0.3, -0.25) is 0 Å².